The molecule has 0 aliphatic rings. The molecule has 1 aromatic rings. The van der Waals surface area contributed by atoms with Gasteiger partial charge in [0.15, 0.2) is 5.82 Å². The highest BCUT2D eigenvalue weighted by Crippen LogP contribution is 2.29. The van der Waals surface area contributed by atoms with Crippen molar-refractivity contribution in [3.05, 3.63) is 11.7 Å². The van der Waals surface area contributed by atoms with Gasteiger partial charge in [-0.1, -0.05) is 19.0 Å². The van der Waals surface area contributed by atoms with Crippen LogP contribution in [0.3, 0.4) is 0 Å². The van der Waals surface area contributed by atoms with Crippen LogP contribution in [0, 0.1) is 16.7 Å². The molecule has 2 unspecified atom stereocenters. The molecule has 1 aromatic heterocycles. The lowest BCUT2D eigenvalue weighted by molar-refractivity contribution is 0.109. The summed E-state index contributed by atoms with van der Waals surface area (Å²) in [4.78, 5) is 4.28. The molecule has 0 amide bonds. The fourth-order valence-electron chi connectivity index (χ4n) is 1.48. The van der Waals surface area contributed by atoms with E-state index in [-0.39, 0.29) is 11.5 Å². The van der Waals surface area contributed by atoms with Gasteiger partial charge in [0.2, 0.25) is 5.89 Å². The standard InChI is InChI=1S/C12H19N3O2/c1-5-12(3,6-7-13)8-10-14-11(15-17-10)9(2)16-4/h9H,5-6,8H2,1-4H3. The molecule has 1 heterocycles. The molecule has 0 radical (unpaired) electrons. The average molecular weight is 237 g/mol. The highest BCUT2D eigenvalue weighted by Gasteiger charge is 2.26. The number of rotatable bonds is 6. The first-order valence-corrected chi connectivity index (χ1v) is 5.77. The third-order valence-corrected chi connectivity index (χ3v) is 3.14. The van der Waals surface area contributed by atoms with Crippen molar-refractivity contribution in [2.45, 2.75) is 46.1 Å². The minimum atomic E-state index is -0.170. The van der Waals surface area contributed by atoms with E-state index in [2.05, 4.69) is 30.1 Å². The van der Waals surface area contributed by atoms with Crippen LogP contribution in [0.4, 0.5) is 0 Å². The number of ether oxygens (including phenoxy) is 1. The van der Waals surface area contributed by atoms with Crippen LogP contribution in [-0.4, -0.2) is 17.3 Å². The lowest BCUT2D eigenvalue weighted by Crippen LogP contribution is -2.18. The summed E-state index contributed by atoms with van der Waals surface area (Å²) >= 11 is 0. The summed E-state index contributed by atoms with van der Waals surface area (Å²) in [5.41, 5.74) is -0.102. The Bertz CT molecular complexity index is 397. The van der Waals surface area contributed by atoms with Gasteiger partial charge in [-0.05, 0) is 18.8 Å². The van der Waals surface area contributed by atoms with E-state index in [0.717, 1.165) is 6.42 Å². The highest BCUT2D eigenvalue weighted by atomic mass is 16.5. The second kappa shape index (κ2) is 5.78. The third kappa shape index (κ3) is 3.53. The van der Waals surface area contributed by atoms with Gasteiger partial charge in [-0.25, -0.2) is 0 Å². The molecule has 2 atom stereocenters. The Balaban J connectivity index is 2.75. The molecule has 5 heteroatoms. The Morgan fingerprint density at radius 3 is 2.82 bits per heavy atom. The SMILES string of the molecule is CCC(C)(CC#N)Cc1nc(C(C)OC)no1. The highest BCUT2D eigenvalue weighted by molar-refractivity contribution is 4.96. The minimum absolute atomic E-state index is 0.102. The van der Waals surface area contributed by atoms with E-state index >= 15 is 0 Å². The van der Waals surface area contributed by atoms with Crippen LogP contribution in [0.5, 0.6) is 0 Å². The number of nitrogens with zero attached hydrogens (tertiary/aromatic N) is 3. The van der Waals surface area contributed by atoms with Crippen LogP contribution in [-0.2, 0) is 11.2 Å². The van der Waals surface area contributed by atoms with Crippen LogP contribution in [0.2, 0.25) is 0 Å². The van der Waals surface area contributed by atoms with Crippen LogP contribution >= 0.6 is 0 Å². The molecule has 0 bridgehead atoms. The molecule has 0 saturated heterocycles. The Labute approximate surface area is 102 Å². The maximum Gasteiger partial charge on any atom is 0.227 e. The van der Waals surface area contributed by atoms with E-state index in [9.17, 15) is 0 Å². The average Bonchev–Trinajstić information content (AvgIpc) is 2.76. The Morgan fingerprint density at radius 1 is 1.59 bits per heavy atom. The Hall–Kier alpha value is -1.41. The van der Waals surface area contributed by atoms with Crippen LogP contribution < -0.4 is 0 Å². The second-order valence-electron chi connectivity index (χ2n) is 4.60. The van der Waals surface area contributed by atoms with Gasteiger partial charge < -0.3 is 9.26 Å². The number of hydrogen-bond acceptors (Lipinski definition) is 5. The molecule has 0 fully saturated rings. The largest absolute Gasteiger partial charge is 0.374 e. The topological polar surface area (TPSA) is 71.9 Å². The van der Waals surface area contributed by atoms with E-state index < -0.39 is 0 Å². The van der Waals surface area contributed by atoms with Gasteiger partial charge in [0.1, 0.15) is 6.10 Å². The minimum Gasteiger partial charge on any atom is -0.374 e. The van der Waals surface area contributed by atoms with Crippen molar-refractivity contribution < 1.29 is 9.26 Å². The van der Waals surface area contributed by atoms with Crippen molar-refractivity contribution in [2.75, 3.05) is 7.11 Å². The first-order chi connectivity index (χ1) is 8.04. The fraction of sp³-hybridized carbons (Fsp3) is 0.750. The molecule has 0 aliphatic carbocycles. The van der Waals surface area contributed by atoms with E-state index in [4.69, 9.17) is 14.5 Å². The number of nitriles is 1. The molecule has 0 aromatic carbocycles. The third-order valence-electron chi connectivity index (χ3n) is 3.14. The maximum absolute atomic E-state index is 8.81. The normalized spacial score (nSPS) is 16.2. The lowest BCUT2D eigenvalue weighted by atomic mass is 9.81. The molecule has 5 nitrogen and oxygen atoms in total. The van der Waals surface area contributed by atoms with Crippen molar-refractivity contribution in [3.63, 3.8) is 0 Å². The van der Waals surface area contributed by atoms with Crippen LogP contribution in [0.15, 0.2) is 4.52 Å². The summed E-state index contributed by atoms with van der Waals surface area (Å²) in [6, 6.07) is 2.21. The first-order valence-electron chi connectivity index (χ1n) is 5.77. The lowest BCUT2D eigenvalue weighted by Gasteiger charge is -2.22. The molecular formula is C12H19N3O2. The predicted octanol–water partition coefficient (Wildman–Crippen LogP) is 2.65. The van der Waals surface area contributed by atoms with Crippen molar-refractivity contribution in [2.24, 2.45) is 5.41 Å². The van der Waals surface area contributed by atoms with Gasteiger partial charge >= 0.3 is 0 Å². The molecule has 0 N–H and O–H groups in total. The molecule has 1 rings (SSSR count). The number of hydrogen-bond donors (Lipinski definition) is 0. The molecule has 94 valence electrons. The Kier molecular flexibility index (Phi) is 4.64. The second-order valence-corrected chi connectivity index (χ2v) is 4.60. The quantitative estimate of drug-likeness (QED) is 0.760. The van der Waals surface area contributed by atoms with Crippen molar-refractivity contribution in [1.29, 1.82) is 5.26 Å². The fourth-order valence-corrected chi connectivity index (χ4v) is 1.48. The van der Waals surface area contributed by atoms with Gasteiger partial charge in [-0.15, -0.1) is 0 Å². The van der Waals surface area contributed by atoms with Crippen LogP contribution in [0.25, 0.3) is 0 Å². The zero-order chi connectivity index (χ0) is 12.9. The number of aromatic nitrogens is 2. The molecule has 0 spiro atoms. The van der Waals surface area contributed by atoms with E-state index in [1.807, 2.05) is 6.92 Å². The van der Waals surface area contributed by atoms with Gasteiger partial charge in [-0.2, -0.15) is 10.2 Å². The monoisotopic (exact) mass is 237 g/mol. The van der Waals surface area contributed by atoms with Gasteiger partial charge in [-0.3, -0.25) is 0 Å². The smallest absolute Gasteiger partial charge is 0.227 e. The summed E-state index contributed by atoms with van der Waals surface area (Å²) < 4.78 is 10.3. The maximum atomic E-state index is 8.81. The van der Waals surface area contributed by atoms with Gasteiger partial charge in [0.25, 0.3) is 0 Å². The summed E-state index contributed by atoms with van der Waals surface area (Å²) in [5.74, 6) is 1.13. The summed E-state index contributed by atoms with van der Waals surface area (Å²) in [6.45, 7) is 5.98. The van der Waals surface area contributed by atoms with Crippen LogP contribution in [0.1, 0.15) is 51.4 Å². The first kappa shape index (κ1) is 13.7. The molecule has 0 saturated carbocycles. The van der Waals surface area contributed by atoms with Crippen molar-refractivity contribution in [3.8, 4) is 6.07 Å². The van der Waals surface area contributed by atoms with Gasteiger partial charge in [0.05, 0.1) is 6.07 Å². The zero-order valence-electron chi connectivity index (χ0n) is 10.9. The summed E-state index contributed by atoms with van der Waals surface area (Å²) in [6.07, 6.45) is 1.84. The predicted molar refractivity (Wildman–Crippen MR) is 62.1 cm³/mol. The van der Waals surface area contributed by atoms with Crippen molar-refractivity contribution in [1.82, 2.24) is 10.1 Å². The van der Waals surface area contributed by atoms with E-state index in [1.165, 1.54) is 0 Å². The van der Waals surface area contributed by atoms with Crippen molar-refractivity contribution >= 4 is 0 Å². The summed E-state index contributed by atoms with van der Waals surface area (Å²) in [7, 11) is 1.60. The van der Waals surface area contributed by atoms with Gasteiger partial charge in [0, 0.05) is 20.0 Å². The molecule has 17 heavy (non-hydrogen) atoms. The molecular weight excluding hydrogens is 218 g/mol. The van der Waals surface area contributed by atoms with E-state index in [1.54, 1.807) is 7.11 Å². The Morgan fingerprint density at radius 2 is 2.29 bits per heavy atom. The molecule has 0 aliphatic heterocycles. The van der Waals surface area contributed by atoms with E-state index in [0.29, 0.717) is 24.6 Å². The summed E-state index contributed by atoms with van der Waals surface area (Å²) in [5, 5.41) is 12.7. The zero-order valence-corrected chi connectivity index (χ0v) is 10.9. The number of methoxy groups -OCH3 is 1.